The molecule has 0 aromatic rings. The second kappa shape index (κ2) is 11.8. The van der Waals surface area contributed by atoms with Gasteiger partial charge in [0.15, 0.2) is 5.96 Å². The highest BCUT2D eigenvalue weighted by molar-refractivity contribution is 5.81. The summed E-state index contributed by atoms with van der Waals surface area (Å²) in [7, 11) is 0. The van der Waals surface area contributed by atoms with Gasteiger partial charge in [-0.2, -0.15) is 0 Å². The summed E-state index contributed by atoms with van der Waals surface area (Å²) in [6.07, 6.45) is 10.7. The standard InChI is InChI=1S/C23H43N5O/c1-3-24-23(25-13-6-7-14-27-15-10-19(2)11-16-27)26-21-12-17-28(18-21)22(29)20-8-4-5-9-20/h19-21H,3-18H2,1-2H3,(H2,24,25,26). The van der Waals surface area contributed by atoms with Gasteiger partial charge in [0.1, 0.15) is 0 Å². The van der Waals surface area contributed by atoms with Gasteiger partial charge in [-0.25, -0.2) is 0 Å². The maximum atomic E-state index is 12.6. The molecule has 2 aliphatic heterocycles. The maximum absolute atomic E-state index is 12.6. The van der Waals surface area contributed by atoms with Gasteiger partial charge in [-0.3, -0.25) is 9.79 Å². The molecule has 0 radical (unpaired) electrons. The number of likely N-dealkylation sites (tertiary alicyclic amines) is 2. The van der Waals surface area contributed by atoms with Crippen molar-refractivity contribution in [2.45, 2.75) is 77.7 Å². The SMILES string of the molecule is CCNC(=NCCCCN1CCC(C)CC1)NC1CCN(C(=O)C2CCCC2)C1. The smallest absolute Gasteiger partial charge is 0.225 e. The Bertz CT molecular complexity index is 523. The van der Waals surface area contributed by atoms with E-state index >= 15 is 0 Å². The predicted molar refractivity (Wildman–Crippen MR) is 120 cm³/mol. The molecule has 3 fully saturated rings. The van der Waals surface area contributed by atoms with Gasteiger partial charge < -0.3 is 20.4 Å². The number of aliphatic imine (C=N–C) groups is 1. The topological polar surface area (TPSA) is 60.0 Å². The molecule has 0 spiro atoms. The van der Waals surface area contributed by atoms with Crippen LogP contribution in [0, 0.1) is 11.8 Å². The molecule has 3 aliphatic rings. The van der Waals surface area contributed by atoms with Crippen molar-refractivity contribution < 1.29 is 4.79 Å². The maximum Gasteiger partial charge on any atom is 0.225 e. The van der Waals surface area contributed by atoms with Crippen molar-refractivity contribution in [1.29, 1.82) is 0 Å². The molecular formula is C23H43N5O. The van der Waals surface area contributed by atoms with Gasteiger partial charge in [-0.15, -0.1) is 0 Å². The summed E-state index contributed by atoms with van der Waals surface area (Å²) in [4.78, 5) is 22.1. The third-order valence-electron chi connectivity index (χ3n) is 6.92. The highest BCUT2D eigenvalue weighted by Gasteiger charge is 2.32. The molecule has 2 heterocycles. The molecule has 1 aliphatic carbocycles. The molecule has 166 valence electrons. The molecule has 1 amide bonds. The fourth-order valence-corrected chi connectivity index (χ4v) is 4.95. The Labute approximate surface area is 177 Å². The Hall–Kier alpha value is -1.30. The molecular weight excluding hydrogens is 362 g/mol. The van der Waals surface area contributed by atoms with Crippen molar-refractivity contribution in [3.05, 3.63) is 0 Å². The first-order valence-electron chi connectivity index (χ1n) is 12.2. The molecule has 6 heteroatoms. The van der Waals surface area contributed by atoms with Crippen LogP contribution in [-0.2, 0) is 4.79 Å². The van der Waals surface area contributed by atoms with E-state index in [1.807, 2.05) is 0 Å². The van der Waals surface area contributed by atoms with Crippen LogP contribution in [0.2, 0.25) is 0 Å². The van der Waals surface area contributed by atoms with Crippen molar-refractivity contribution in [2.75, 3.05) is 45.8 Å². The Kier molecular flexibility index (Phi) is 9.09. The quantitative estimate of drug-likeness (QED) is 0.370. The monoisotopic (exact) mass is 405 g/mol. The molecule has 1 unspecified atom stereocenters. The van der Waals surface area contributed by atoms with Crippen LogP contribution in [-0.4, -0.2) is 73.5 Å². The first-order chi connectivity index (χ1) is 14.2. The number of piperidine rings is 1. The van der Waals surface area contributed by atoms with Crippen LogP contribution in [0.5, 0.6) is 0 Å². The van der Waals surface area contributed by atoms with Gasteiger partial charge in [0.25, 0.3) is 0 Å². The van der Waals surface area contributed by atoms with E-state index in [4.69, 9.17) is 4.99 Å². The van der Waals surface area contributed by atoms with Crippen LogP contribution in [0.15, 0.2) is 4.99 Å². The van der Waals surface area contributed by atoms with Crippen molar-refractivity contribution in [2.24, 2.45) is 16.8 Å². The van der Waals surface area contributed by atoms with Gasteiger partial charge in [0.05, 0.1) is 0 Å². The summed E-state index contributed by atoms with van der Waals surface area (Å²) >= 11 is 0. The lowest BCUT2D eigenvalue weighted by Gasteiger charge is -2.30. The predicted octanol–water partition coefficient (Wildman–Crippen LogP) is 2.84. The van der Waals surface area contributed by atoms with E-state index in [1.54, 1.807) is 0 Å². The number of rotatable bonds is 8. The normalized spacial score (nSPS) is 25.0. The van der Waals surface area contributed by atoms with Crippen LogP contribution in [0.4, 0.5) is 0 Å². The van der Waals surface area contributed by atoms with E-state index < -0.39 is 0 Å². The fourth-order valence-electron chi connectivity index (χ4n) is 4.95. The van der Waals surface area contributed by atoms with Gasteiger partial charge in [0, 0.05) is 38.1 Å². The minimum atomic E-state index is 0.291. The number of carbonyl (C=O) groups is 1. The third-order valence-corrected chi connectivity index (χ3v) is 6.92. The molecule has 2 N–H and O–H groups in total. The summed E-state index contributed by atoms with van der Waals surface area (Å²) in [5.74, 6) is 2.50. The Morgan fingerprint density at radius 2 is 1.79 bits per heavy atom. The lowest BCUT2D eigenvalue weighted by molar-refractivity contribution is -0.134. The summed E-state index contributed by atoms with van der Waals surface area (Å²) in [6, 6.07) is 0.327. The van der Waals surface area contributed by atoms with Crippen molar-refractivity contribution in [1.82, 2.24) is 20.4 Å². The molecule has 2 saturated heterocycles. The molecule has 1 saturated carbocycles. The van der Waals surface area contributed by atoms with Crippen LogP contribution in [0.1, 0.15) is 71.6 Å². The minimum Gasteiger partial charge on any atom is -0.357 e. The van der Waals surface area contributed by atoms with Crippen LogP contribution in [0.25, 0.3) is 0 Å². The zero-order valence-corrected chi connectivity index (χ0v) is 18.8. The van der Waals surface area contributed by atoms with Gasteiger partial charge in [-0.1, -0.05) is 19.8 Å². The lowest BCUT2D eigenvalue weighted by Crippen LogP contribution is -2.45. The molecule has 0 aromatic carbocycles. The summed E-state index contributed by atoms with van der Waals surface area (Å²) in [5, 5.41) is 6.95. The molecule has 0 aromatic heterocycles. The second-order valence-electron chi connectivity index (χ2n) is 9.39. The molecule has 0 bridgehead atoms. The van der Waals surface area contributed by atoms with Crippen molar-refractivity contribution in [3.8, 4) is 0 Å². The lowest BCUT2D eigenvalue weighted by atomic mass is 9.99. The Balaban J connectivity index is 1.35. The number of hydrogen-bond acceptors (Lipinski definition) is 3. The number of nitrogens with zero attached hydrogens (tertiary/aromatic N) is 3. The van der Waals surface area contributed by atoms with E-state index in [1.165, 1.54) is 51.7 Å². The first kappa shape index (κ1) is 22.4. The second-order valence-corrected chi connectivity index (χ2v) is 9.39. The zero-order valence-electron chi connectivity index (χ0n) is 18.8. The molecule has 6 nitrogen and oxygen atoms in total. The van der Waals surface area contributed by atoms with Crippen molar-refractivity contribution >= 4 is 11.9 Å². The highest BCUT2D eigenvalue weighted by Crippen LogP contribution is 2.27. The number of carbonyl (C=O) groups excluding carboxylic acids is 1. The van der Waals surface area contributed by atoms with Gasteiger partial charge in [0.2, 0.25) is 5.91 Å². The van der Waals surface area contributed by atoms with E-state index in [0.717, 1.165) is 63.7 Å². The zero-order chi connectivity index (χ0) is 20.5. The van der Waals surface area contributed by atoms with Crippen LogP contribution >= 0.6 is 0 Å². The average Bonchev–Trinajstić information content (AvgIpc) is 3.41. The van der Waals surface area contributed by atoms with Crippen LogP contribution < -0.4 is 10.6 Å². The molecule has 29 heavy (non-hydrogen) atoms. The fraction of sp³-hybridized carbons (Fsp3) is 0.913. The van der Waals surface area contributed by atoms with E-state index in [9.17, 15) is 4.79 Å². The number of unbranched alkanes of at least 4 members (excludes halogenated alkanes) is 1. The number of guanidine groups is 1. The highest BCUT2D eigenvalue weighted by atomic mass is 16.2. The average molecular weight is 406 g/mol. The third kappa shape index (κ3) is 7.16. The van der Waals surface area contributed by atoms with Gasteiger partial charge >= 0.3 is 0 Å². The van der Waals surface area contributed by atoms with Crippen molar-refractivity contribution in [3.63, 3.8) is 0 Å². The summed E-state index contributed by atoms with van der Waals surface area (Å²) < 4.78 is 0. The summed E-state index contributed by atoms with van der Waals surface area (Å²) in [5.41, 5.74) is 0. The Morgan fingerprint density at radius 3 is 2.52 bits per heavy atom. The number of nitrogens with one attached hydrogen (secondary N) is 2. The van der Waals surface area contributed by atoms with Crippen LogP contribution in [0.3, 0.4) is 0 Å². The molecule has 1 atom stereocenters. The number of hydrogen-bond donors (Lipinski definition) is 2. The van der Waals surface area contributed by atoms with Gasteiger partial charge in [-0.05, 0) is 77.4 Å². The largest absolute Gasteiger partial charge is 0.357 e. The van der Waals surface area contributed by atoms with E-state index in [-0.39, 0.29) is 0 Å². The Morgan fingerprint density at radius 1 is 1.03 bits per heavy atom. The summed E-state index contributed by atoms with van der Waals surface area (Å²) in [6.45, 7) is 11.7. The minimum absolute atomic E-state index is 0.291. The van der Waals surface area contributed by atoms with E-state index in [0.29, 0.717) is 17.9 Å². The van der Waals surface area contributed by atoms with E-state index in [2.05, 4.69) is 34.3 Å². The first-order valence-corrected chi connectivity index (χ1v) is 12.2. The molecule has 3 rings (SSSR count). The number of amides is 1.